The Kier molecular flexibility index (Phi) is 7.69. The van der Waals surface area contributed by atoms with Gasteiger partial charge >= 0.3 is 0 Å². The number of thioether (sulfide) groups is 1. The number of para-hydroxylation sites is 2. The van der Waals surface area contributed by atoms with Crippen molar-refractivity contribution in [2.75, 3.05) is 27.5 Å². The summed E-state index contributed by atoms with van der Waals surface area (Å²) in [6.07, 6.45) is 0. The maximum absolute atomic E-state index is 12.4. The summed E-state index contributed by atoms with van der Waals surface area (Å²) in [7, 11) is 0. The van der Waals surface area contributed by atoms with Gasteiger partial charge in [-0.25, -0.2) is 0 Å². The Hall–Kier alpha value is -3.30. The summed E-state index contributed by atoms with van der Waals surface area (Å²) in [6, 6.07) is 14.9. The van der Waals surface area contributed by atoms with Gasteiger partial charge in [-0.1, -0.05) is 28.9 Å². The van der Waals surface area contributed by atoms with Crippen LogP contribution in [0.1, 0.15) is 16.1 Å². The maximum atomic E-state index is 12.4. The molecule has 0 unspecified atom stereocenters. The molecule has 0 aliphatic rings. The highest BCUT2D eigenvalue weighted by Crippen LogP contribution is 2.22. The van der Waals surface area contributed by atoms with Gasteiger partial charge in [0.1, 0.15) is 5.76 Å². The zero-order chi connectivity index (χ0) is 22.2. The van der Waals surface area contributed by atoms with E-state index in [0.29, 0.717) is 33.5 Å². The van der Waals surface area contributed by atoms with E-state index in [2.05, 4.69) is 21.1 Å². The summed E-state index contributed by atoms with van der Waals surface area (Å²) in [6.45, 7) is 1.72. The summed E-state index contributed by atoms with van der Waals surface area (Å²) in [4.78, 5) is 36.6. The molecule has 0 fully saturated rings. The number of rotatable bonds is 8. The van der Waals surface area contributed by atoms with Crippen LogP contribution in [-0.4, -0.2) is 34.4 Å². The normalized spacial score (nSPS) is 10.4. The maximum Gasteiger partial charge on any atom is 0.255 e. The molecular formula is C21H19ClN4O4S. The molecule has 3 amide bonds. The number of amides is 3. The number of benzene rings is 2. The molecule has 1 aromatic heterocycles. The second kappa shape index (κ2) is 10.6. The van der Waals surface area contributed by atoms with Crippen molar-refractivity contribution in [3.8, 4) is 0 Å². The van der Waals surface area contributed by atoms with Crippen molar-refractivity contribution in [1.82, 2.24) is 5.16 Å². The van der Waals surface area contributed by atoms with Crippen LogP contribution in [0.4, 0.5) is 17.2 Å². The fourth-order valence-corrected chi connectivity index (χ4v) is 3.27. The Bertz CT molecular complexity index is 1080. The predicted octanol–water partition coefficient (Wildman–Crippen LogP) is 4.20. The fourth-order valence-electron chi connectivity index (χ4n) is 2.52. The van der Waals surface area contributed by atoms with Crippen LogP contribution in [0, 0.1) is 6.92 Å². The highest BCUT2D eigenvalue weighted by molar-refractivity contribution is 8.00. The lowest BCUT2D eigenvalue weighted by Gasteiger charge is -2.12. The van der Waals surface area contributed by atoms with Gasteiger partial charge in [-0.15, -0.1) is 11.8 Å². The Morgan fingerprint density at radius 3 is 2.16 bits per heavy atom. The number of nitrogens with one attached hydrogen (secondary N) is 3. The standard InChI is InChI=1S/C21H19ClN4O4S/c1-13-10-18(26-30-13)25-20(28)12-31-11-19(27)23-16-4-2-3-5-17(16)24-21(29)14-6-8-15(22)9-7-14/h2-10H,11-12H2,1H3,(H,23,27)(H,24,29)(H,25,26,28). The monoisotopic (exact) mass is 458 g/mol. The van der Waals surface area contributed by atoms with E-state index in [9.17, 15) is 14.4 Å². The molecule has 0 aliphatic heterocycles. The van der Waals surface area contributed by atoms with Crippen molar-refractivity contribution in [1.29, 1.82) is 0 Å². The van der Waals surface area contributed by atoms with Gasteiger partial charge < -0.3 is 20.5 Å². The van der Waals surface area contributed by atoms with Crippen LogP contribution in [0.5, 0.6) is 0 Å². The molecule has 3 N–H and O–H groups in total. The number of hydrogen-bond acceptors (Lipinski definition) is 6. The highest BCUT2D eigenvalue weighted by atomic mass is 35.5. The van der Waals surface area contributed by atoms with Crippen molar-refractivity contribution in [3.63, 3.8) is 0 Å². The number of halogens is 1. The third-order valence-electron chi connectivity index (χ3n) is 3.92. The van der Waals surface area contributed by atoms with Gasteiger partial charge in [-0.3, -0.25) is 14.4 Å². The molecule has 10 heteroatoms. The molecule has 3 rings (SSSR count). The number of carbonyl (C=O) groups is 3. The minimum atomic E-state index is -0.326. The van der Waals surface area contributed by atoms with Gasteiger partial charge in [0, 0.05) is 16.7 Å². The van der Waals surface area contributed by atoms with Gasteiger partial charge in [0.2, 0.25) is 11.8 Å². The van der Waals surface area contributed by atoms with Crippen molar-refractivity contribution in [2.24, 2.45) is 0 Å². The smallest absolute Gasteiger partial charge is 0.255 e. The molecule has 1 heterocycles. The van der Waals surface area contributed by atoms with Crippen LogP contribution < -0.4 is 16.0 Å². The summed E-state index contributed by atoms with van der Waals surface area (Å²) in [5, 5.41) is 12.3. The predicted molar refractivity (Wildman–Crippen MR) is 122 cm³/mol. The van der Waals surface area contributed by atoms with E-state index >= 15 is 0 Å². The van der Waals surface area contributed by atoms with Crippen molar-refractivity contribution in [3.05, 3.63) is 70.9 Å². The van der Waals surface area contributed by atoms with E-state index in [-0.39, 0.29) is 29.2 Å². The molecule has 0 radical (unpaired) electrons. The van der Waals surface area contributed by atoms with E-state index in [1.165, 1.54) is 0 Å². The van der Waals surface area contributed by atoms with E-state index in [0.717, 1.165) is 11.8 Å². The Morgan fingerprint density at radius 1 is 0.935 bits per heavy atom. The first kappa shape index (κ1) is 22.4. The molecule has 31 heavy (non-hydrogen) atoms. The van der Waals surface area contributed by atoms with Gasteiger partial charge in [0.05, 0.1) is 22.9 Å². The molecule has 0 atom stereocenters. The molecule has 8 nitrogen and oxygen atoms in total. The van der Waals surface area contributed by atoms with E-state index in [4.69, 9.17) is 16.1 Å². The van der Waals surface area contributed by atoms with Crippen LogP contribution in [0.3, 0.4) is 0 Å². The topological polar surface area (TPSA) is 113 Å². The van der Waals surface area contributed by atoms with E-state index in [1.807, 2.05) is 0 Å². The summed E-state index contributed by atoms with van der Waals surface area (Å²) in [5.74, 6) is 0.137. The van der Waals surface area contributed by atoms with Crippen molar-refractivity contribution in [2.45, 2.75) is 6.92 Å². The third-order valence-corrected chi connectivity index (χ3v) is 5.10. The van der Waals surface area contributed by atoms with Crippen LogP contribution >= 0.6 is 23.4 Å². The summed E-state index contributed by atoms with van der Waals surface area (Å²) < 4.78 is 4.88. The second-order valence-electron chi connectivity index (χ2n) is 6.42. The van der Waals surface area contributed by atoms with Crippen LogP contribution in [-0.2, 0) is 9.59 Å². The molecule has 2 aromatic carbocycles. The molecule has 0 aliphatic carbocycles. The fraction of sp³-hybridized carbons (Fsp3) is 0.143. The number of aromatic nitrogens is 1. The molecule has 0 saturated carbocycles. The molecule has 0 bridgehead atoms. The van der Waals surface area contributed by atoms with Crippen molar-refractivity contribution >= 4 is 58.3 Å². The van der Waals surface area contributed by atoms with E-state index < -0.39 is 0 Å². The lowest BCUT2D eigenvalue weighted by molar-refractivity contribution is -0.114. The Balaban J connectivity index is 1.50. The molecule has 0 spiro atoms. The first-order chi connectivity index (χ1) is 14.9. The molecule has 0 saturated heterocycles. The lowest BCUT2D eigenvalue weighted by atomic mass is 10.2. The van der Waals surface area contributed by atoms with Gasteiger partial charge in [-0.05, 0) is 43.3 Å². The van der Waals surface area contributed by atoms with Crippen LogP contribution in [0.15, 0.2) is 59.1 Å². The van der Waals surface area contributed by atoms with Crippen molar-refractivity contribution < 1.29 is 18.9 Å². The zero-order valence-corrected chi connectivity index (χ0v) is 18.0. The number of anilines is 3. The molecular weight excluding hydrogens is 440 g/mol. The number of carbonyl (C=O) groups excluding carboxylic acids is 3. The Labute approximate surface area is 187 Å². The molecule has 160 valence electrons. The average Bonchev–Trinajstić information content (AvgIpc) is 3.14. The first-order valence-electron chi connectivity index (χ1n) is 9.17. The number of hydrogen-bond donors (Lipinski definition) is 3. The summed E-state index contributed by atoms with van der Waals surface area (Å²) >= 11 is 7.00. The zero-order valence-electron chi connectivity index (χ0n) is 16.5. The van der Waals surface area contributed by atoms with Gasteiger partial charge in [0.15, 0.2) is 5.82 Å². The first-order valence-corrected chi connectivity index (χ1v) is 10.7. The van der Waals surface area contributed by atoms with Crippen LogP contribution in [0.25, 0.3) is 0 Å². The molecule has 3 aromatic rings. The van der Waals surface area contributed by atoms with E-state index in [1.54, 1.807) is 61.5 Å². The van der Waals surface area contributed by atoms with Gasteiger partial charge in [-0.2, -0.15) is 0 Å². The van der Waals surface area contributed by atoms with Gasteiger partial charge in [0.25, 0.3) is 5.91 Å². The lowest BCUT2D eigenvalue weighted by Crippen LogP contribution is -2.20. The minimum Gasteiger partial charge on any atom is -0.360 e. The largest absolute Gasteiger partial charge is 0.360 e. The number of aryl methyl sites for hydroxylation is 1. The Morgan fingerprint density at radius 2 is 1.55 bits per heavy atom. The number of nitrogens with zero attached hydrogens (tertiary/aromatic N) is 1. The SMILES string of the molecule is Cc1cc(NC(=O)CSCC(=O)Nc2ccccc2NC(=O)c2ccc(Cl)cc2)no1. The third kappa shape index (κ3) is 6.87. The summed E-state index contributed by atoms with van der Waals surface area (Å²) in [5.41, 5.74) is 1.35. The highest BCUT2D eigenvalue weighted by Gasteiger charge is 2.12. The second-order valence-corrected chi connectivity index (χ2v) is 7.84. The average molecular weight is 459 g/mol. The van der Waals surface area contributed by atoms with Crippen LogP contribution in [0.2, 0.25) is 5.02 Å². The minimum absolute atomic E-state index is 0.0602. The quantitative estimate of drug-likeness (QED) is 0.466.